The predicted molar refractivity (Wildman–Crippen MR) is 103 cm³/mol. The van der Waals surface area contributed by atoms with Crippen molar-refractivity contribution in [1.82, 2.24) is 19.5 Å². The molecule has 0 spiro atoms. The van der Waals surface area contributed by atoms with E-state index in [9.17, 15) is 4.57 Å². The smallest absolute Gasteiger partial charge is 0.350 e. The standard InChI is InChI=1S/C15H24ClN6O4P/c1-9(26-8-27(23,24)25)7-22-11-12(18-10-5-3-2-4-6-10)20-15(17)21-13(11)19-14(22)16/h9-10H,2-8H2,1H3,(H2,23,24,25)(H3,17,18,20,21). The molecule has 10 nitrogen and oxygen atoms in total. The van der Waals surface area contributed by atoms with Crippen LogP contribution in [0.3, 0.4) is 0 Å². The van der Waals surface area contributed by atoms with Crippen molar-refractivity contribution in [2.75, 3.05) is 17.4 Å². The van der Waals surface area contributed by atoms with Crippen molar-refractivity contribution >= 4 is 42.1 Å². The highest BCUT2D eigenvalue weighted by molar-refractivity contribution is 7.51. The Morgan fingerprint density at radius 2 is 2.04 bits per heavy atom. The van der Waals surface area contributed by atoms with Crippen LogP contribution in [0.4, 0.5) is 11.8 Å². The molecule has 0 saturated heterocycles. The molecule has 0 amide bonds. The fraction of sp³-hybridized carbons (Fsp3) is 0.667. The minimum absolute atomic E-state index is 0.105. The summed E-state index contributed by atoms with van der Waals surface area (Å²) in [6.45, 7) is 1.94. The van der Waals surface area contributed by atoms with E-state index in [4.69, 9.17) is 31.9 Å². The van der Waals surface area contributed by atoms with Crippen LogP contribution in [0.15, 0.2) is 0 Å². The largest absolute Gasteiger partial charge is 0.368 e. The highest BCUT2D eigenvalue weighted by Gasteiger charge is 2.22. The molecular formula is C15H24ClN6O4P. The van der Waals surface area contributed by atoms with Crippen LogP contribution in [0, 0.1) is 0 Å². The van der Waals surface area contributed by atoms with Crippen molar-refractivity contribution in [1.29, 1.82) is 0 Å². The van der Waals surface area contributed by atoms with E-state index in [-0.39, 0.29) is 17.8 Å². The number of rotatable bonds is 7. The molecule has 2 heterocycles. The lowest BCUT2D eigenvalue weighted by Crippen LogP contribution is -2.24. The zero-order valence-electron chi connectivity index (χ0n) is 15.0. The lowest BCUT2D eigenvalue weighted by Gasteiger charge is -2.24. The molecule has 150 valence electrons. The van der Waals surface area contributed by atoms with Gasteiger partial charge in [-0.05, 0) is 31.4 Å². The first-order valence-electron chi connectivity index (χ1n) is 8.85. The number of imidazole rings is 1. The SMILES string of the molecule is CC(Cn1c(Cl)nc2nc(N)nc(NC3CCCCC3)c21)OCP(=O)(O)O. The lowest BCUT2D eigenvalue weighted by atomic mass is 9.95. The van der Waals surface area contributed by atoms with Crippen LogP contribution >= 0.6 is 19.2 Å². The molecule has 1 unspecified atom stereocenters. The molecule has 0 bridgehead atoms. The Morgan fingerprint density at radius 1 is 1.33 bits per heavy atom. The molecule has 5 N–H and O–H groups in total. The highest BCUT2D eigenvalue weighted by Crippen LogP contribution is 2.35. The molecule has 12 heteroatoms. The van der Waals surface area contributed by atoms with Gasteiger partial charge < -0.3 is 30.1 Å². The Balaban J connectivity index is 1.87. The maximum Gasteiger partial charge on any atom is 0.350 e. The summed E-state index contributed by atoms with van der Waals surface area (Å²) < 4.78 is 17.9. The van der Waals surface area contributed by atoms with Crippen LogP contribution in [0.5, 0.6) is 0 Å². The molecule has 0 aliphatic heterocycles. The molecule has 0 aromatic carbocycles. The van der Waals surface area contributed by atoms with Crippen LogP contribution in [0.25, 0.3) is 11.2 Å². The quantitative estimate of drug-likeness (QED) is 0.392. The average molecular weight is 419 g/mol. The number of nitrogens with two attached hydrogens (primary N) is 1. The van der Waals surface area contributed by atoms with Crippen molar-refractivity contribution in [2.24, 2.45) is 0 Å². The molecule has 1 saturated carbocycles. The van der Waals surface area contributed by atoms with Gasteiger partial charge in [0, 0.05) is 6.04 Å². The maximum absolute atomic E-state index is 11.0. The van der Waals surface area contributed by atoms with E-state index in [1.807, 2.05) is 0 Å². The molecule has 0 radical (unpaired) electrons. The number of fused-ring (bicyclic) bond motifs is 1. The van der Waals surface area contributed by atoms with Crippen LogP contribution in [-0.2, 0) is 15.8 Å². The summed E-state index contributed by atoms with van der Waals surface area (Å²) in [5.74, 6) is 0.666. The Labute approximate surface area is 161 Å². The minimum atomic E-state index is -4.24. The number of aromatic nitrogens is 4. The monoisotopic (exact) mass is 418 g/mol. The fourth-order valence-electron chi connectivity index (χ4n) is 3.27. The Morgan fingerprint density at radius 3 is 2.70 bits per heavy atom. The maximum atomic E-state index is 11.0. The summed E-state index contributed by atoms with van der Waals surface area (Å²) in [4.78, 5) is 30.7. The van der Waals surface area contributed by atoms with Gasteiger partial charge in [-0.15, -0.1) is 0 Å². The second-order valence-electron chi connectivity index (χ2n) is 6.84. The number of halogens is 1. The normalized spacial score (nSPS) is 17.3. The second kappa shape index (κ2) is 8.28. The Hall–Kier alpha value is -1.45. The summed E-state index contributed by atoms with van der Waals surface area (Å²) in [7, 11) is -4.24. The third-order valence-corrected chi connectivity index (χ3v) is 5.26. The van der Waals surface area contributed by atoms with Gasteiger partial charge in [-0.25, -0.2) is 0 Å². The molecule has 1 atom stereocenters. The summed E-state index contributed by atoms with van der Waals surface area (Å²) in [5, 5.41) is 3.62. The minimum Gasteiger partial charge on any atom is -0.368 e. The van der Waals surface area contributed by atoms with E-state index in [1.165, 1.54) is 6.42 Å². The number of hydrogen-bond acceptors (Lipinski definition) is 7. The Kier molecular flexibility index (Phi) is 6.22. The van der Waals surface area contributed by atoms with Crippen LogP contribution in [-0.4, -0.2) is 47.8 Å². The van der Waals surface area contributed by atoms with Crippen molar-refractivity contribution in [3.05, 3.63) is 5.28 Å². The van der Waals surface area contributed by atoms with Gasteiger partial charge in [-0.2, -0.15) is 15.0 Å². The molecular weight excluding hydrogens is 395 g/mol. The number of nitrogens with zero attached hydrogens (tertiary/aromatic N) is 4. The third-order valence-electron chi connectivity index (χ3n) is 4.49. The van der Waals surface area contributed by atoms with Gasteiger partial charge in [0.2, 0.25) is 11.2 Å². The van der Waals surface area contributed by atoms with Crippen LogP contribution in [0.2, 0.25) is 5.28 Å². The fourth-order valence-corrected chi connectivity index (χ4v) is 3.95. The molecule has 1 aliphatic rings. The van der Waals surface area contributed by atoms with Gasteiger partial charge in [0.25, 0.3) is 0 Å². The zero-order chi connectivity index (χ0) is 19.6. The van der Waals surface area contributed by atoms with Crippen molar-refractivity contribution in [3.63, 3.8) is 0 Å². The number of nitrogens with one attached hydrogen (secondary N) is 1. The van der Waals surface area contributed by atoms with E-state index >= 15 is 0 Å². The van der Waals surface area contributed by atoms with E-state index < -0.39 is 20.0 Å². The summed E-state index contributed by atoms with van der Waals surface area (Å²) in [6.07, 6.45) is 4.49. The first-order valence-corrected chi connectivity index (χ1v) is 11.0. The number of ether oxygens (including phenoxy) is 1. The Bertz CT molecular complexity index is 850. The summed E-state index contributed by atoms with van der Waals surface area (Å²) in [6, 6.07) is 0.293. The van der Waals surface area contributed by atoms with Gasteiger partial charge in [-0.3, -0.25) is 4.57 Å². The average Bonchev–Trinajstić information content (AvgIpc) is 2.88. The van der Waals surface area contributed by atoms with Gasteiger partial charge >= 0.3 is 7.60 Å². The van der Waals surface area contributed by atoms with E-state index in [0.29, 0.717) is 23.0 Å². The molecule has 2 aromatic rings. The molecule has 3 rings (SSSR count). The second-order valence-corrected chi connectivity index (χ2v) is 8.77. The first kappa shape index (κ1) is 20.3. The van der Waals surface area contributed by atoms with Crippen molar-refractivity contribution < 1.29 is 19.1 Å². The molecule has 27 heavy (non-hydrogen) atoms. The van der Waals surface area contributed by atoms with Gasteiger partial charge in [0.05, 0.1) is 12.6 Å². The number of anilines is 2. The van der Waals surface area contributed by atoms with Gasteiger partial charge in [0.15, 0.2) is 11.5 Å². The molecule has 1 aliphatic carbocycles. The molecule has 1 fully saturated rings. The predicted octanol–water partition coefficient (Wildman–Crippen LogP) is 2.35. The number of nitrogen functional groups attached to an aromatic ring is 1. The molecule has 2 aromatic heterocycles. The van der Waals surface area contributed by atoms with Gasteiger partial charge in [-0.1, -0.05) is 19.3 Å². The van der Waals surface area contributed by atoms with Gasteiger partial charge in [0.1, 0.15) is 11.9 Å². The highest BCUT2D eigenvalue weighted by atomic mass is 35.5. The third kappa shape index (κ3) is 5.30. The zero-order valence-corrected chi connectivity index (χ0v) is 16.7. The first-order chi connectivity index (χ1) is 12.7. The summed E-state index contributed by atoms with van der Waals surface area (Å²) >= 11 is 6.28. The van der Waals surface area contributed by atoms with Crippen molar-refractivity contribution in [2.45, 2.75) is 57.7 Å². The van der Waals surface area contributed by atoms with Crippen LogP contribution < -0.4 is 11.1 Å². The topological polar surface area (TPSA) is 148 Å². The van der Waals surface area contributed by atoms with E-state index in [2.05, 4.69) is 20.3 Å². The lowest BCUT2D eigenvalue weighted by molar-refractivity contribution is 0.0766. The number of hydrogen-bond donors (Lipinski definition) is 4. The van der Waals surface area contributed by atoms with E-state index in [1.54, 1.807) is 11.5 Å². The van der Waals surface area contributed by atoms with E-state index in [0.717, 1.165) is 25.7 Å². The van der Waals surface area contributed by atoms with Crippen LogP contribution in [0.1, 0.15) is 39.0 Å². The summed E-state index contributed by atoms with van der Waals surface area (Å²) in [5.41, 5.74) is 6.79. The van der Waals surface area contributed by atoms with Crippen molar-refractivity contribution in [3.8, 4) is 0 Å².